The van der Waals surface area contributed by atoms with Crippen LogP contribution >= 0.6 is 11.6 Å². The van der Waals surface area contributed by atoms with Crippen LogP contribution in [0.1, 0.15) is 11.3 Å². The number of benzene rings is 1. The molecule has 1 aromatic carbocycles. The third-order valence-corrected chi connectivity index (χ3v) is 2.78. The Morgan fingerprint density at radius 1 is 1.06 bits per heavy atom. The number of hydrogen-bond acceptors (Lipinski definition) is 1. The van der Waals surface area contributed by atoms with Gasteiger partial charge in [0.1, 0.15) is 0 Å². The second kappa shape index (κ2) is 4.98. The molecule has 0 aliphatic rings. The third kappa shape index (κ3) is 2.48. The van der Waals surface area contributed by atoms with Crippen molar-refractivity contribution in [2.24, 2.45) is 0 Å². The Morgan fingerprint density at radius 2 is 1.72 bits per heavy atom. The van der Waals surface area contributed by atoms with Gasteiger partial charge in [-0.2, -0.15) is 13.2 Å². The fourth-order valence-electron chi connectivity index (χ4n) is 1.78. The van der Waals surface area contributed by atoms with Crippen LogP contribution in [0.25, 0.3) is 11.1 Å². The van der Waals surface area contributed by atoms with Gasteiger partial charge < -0.3 is 0 Å². The summed E-state index contributed by atoms with van der Waals surface area (Å²) in [6.07, 6.45) is -3.13. The van der Waals surface area contributed by atoms with Gasteiger partial charge in [0.2, 0.25) is 0 Å². The predicted octanol–water partition coefficient (Wildman–Crippen LogP) is 4.51. The van der Waals surface area contributed by atoms with Crippen LogP contribution in [-0.2, 0) is 12.1 Å². The van der Waals surface area contributed by atoms with Gasteiger partial charge in [0.05, 0.1) is 17.1 Å². The highest BCUT2D eigenvalue weighted by Crippen LogP contribution is 2.38. The lowest BCUT2D eigenvalue weighted by molar-refractivity contribution is -0.137. The molecule has 0 unspecified atom stereocenters. The average molecular weight is 272 g/mol. The molecule has 0 aliphatic carbocycles. The number of aromatic nitrogens is 1. The van der Waals surface area contributed by atoms with Gasteiger partial charge in [-0.1, -0.05) is 30.3 Å². The van der Waals surface area contributed by atoms with Gasteiger partial charge >= 0.3 is 6.18 Å². The second-order valence-electron chi connectivity index (χ2n) is 3.68. The van der Waals surface area contributed by atoms with Crippen LogP contribution < -0.4 is 0 Å². The second-order valence-corrected chi connectivity index (χ2v) is 3.94. The van der Waals surface area contributed by atoms with Crippen molar-refractivity contribution in [2.45, 2.75) is 12.1 Å². The number of nitrogens with zero attached hydrogens (tertiary/aromatic N) is 1. The first-order valence-corrected chi connectivity index (χ1v) is 5.74. The number of halogens is 4. The summed E-state index contributed by atoms with van der Waals surface area (Å²) in [5.74, 6) is -0.268. The fraction of sp³-hybridized carbons (Fsp3) is 0.154. The van der Waals surface area contributed by atoms with E-state index in [1.165, 1.54) is 12.3 Å². The fourth-order valence-corrected chi connectivity index (χ4v) is 1.98. The van der Waals surface area contributed by atoms with E-state index in [0.29, 0.717) is 5.56 Å². The van der Waals surface area contributed by atoms with E-state index >= 15 is 0 Å². The standard InChI is InChI=1S/C13H9ClF3N/c14-8-11-12(13(15,16)17)10(6-7-18-11)9-4-2-1-3-5-9/h1-7H,8H2. The van der Waals surface area contributed by atoms with Crippen molar-refractivity contribution in [3.8, 4) is 11.1 Å². The summed E-state index contributed by atoms with van der Waals surface area (Å²) in [5, 5.41) is 0. The monoisotopic (exact) mass is 271 g/mol. The van der Waals surface area contributed by atoms with Crippen molar-refractivity contribution >= 4 is 11.6 Å². The summed E-state index contributed by atoms with van der Waals surface area (Å²) >= 11 is 5.54. The molecule has 5 heteroatoms. The van der Waals surface area contributed by atoms with Gasteiger partial charge in [-0.05, 0) is 17.2 Å². The van der Waals surface area contributed by atoms with Crippen LogP contribution in [0, 0.1) is 0 Å². The molecule has 2 rings (SSSR count). The van der Waals surface area contributed by atoms with Gasteiger partial charge in [0.15, 0.2) is 0 Å². The van der Waals surface area contributed by atoms with Gasteiger partial charge in [-0.25, -0.2) is 0 Å². The Kier molecular flexibility index (Phi) is 3.57. The Labute approximate surface area is 107 Å². The highest BCUT2D eigenvalue weighted by atomic mass is 35.5. The molecule has 0 saturated heterocycles. The molecule has 18 heavy (non-hydrogen) atoms. The van der Waals surface area contributed by atoms with Crippen molar-refractivity contribution in [2.75, 3.05) is 0 Å². The minimum absolute atomic E-state index is 0.105. The van der Waals surface area contributed by atoms with Crippen LogP contribution in [0.2, 0.25) is 0 Å². The molecule has 0 amide bonds. The van der Waals surface area contributed by atoms with Crippen molar-refractivity contribution in [3.05, 3.63) is 53.9 Å². The maximum Gasteiger partial charge on any atom is 0.418 e. The van der Waals surface area contributed by atoms with Crippen molar-refractivity contribution in [1.82, 2.24) is 4.98 Å². The highest BCUT2D eigenvalue weighted by Gasteiger charge is 2.36. The van der Waals surface area contributed by atoms with Crippen molar-refractivity contribution in [1.29, 1.82) is 0 Å². The van der Waals surface area contributed by atoms with Crippen molar-refractivity contribution < 1.29 is 13.2 Å². The summed E-state index contributed by atoms with van der Waals surface area (Å²) in [5.41, 5.74) is -0.302. The average Bonchev–Trinajstić information content (AvgIpc) is 2.38. The zero-order chi connectivity index (χ0) is 13.2. The van der Waals surface area contributed by atoms with E-state index in [1.54, 1.807) is 30.3 Å². The topological polar surface area (TPSA) is 12.9 Å². The van der Waals surface area contributed by atoms with E-state index in [1.807, 2.05) is 0 Å². The smallest absolute Gasteiger partial charge is 0.259 e. The quantitative estimate of drug-likeness (QED) is 0.733. The maximum absolute atomic E-state index is 13.1. The molecule has 0 saturated carbocycles. The minimum atomic E-state index is -4.47. The molecule has 0 spiro atoms. The molecule has 1 heterocycles. The Balaban J connectivity index is 2.68. The van der Waals surface area contributed by atoms with Crippen LogP contribution in [0.4, 0.5) is 13.2 Å². The molecule has 1 aromatic heterocycles. The van der Waals surface area contributed by atoms with E-state index in [2.05, 4.69) is 4.98 Å². The number of pyridine rings is 1. The summed E-state index contributed by atoms with van der Waals surface area (Å²) in [6.45, 7) is 0. The molecule has 2 aromatic rings. The zero-order valence-corrected chi connectivity index (χ0v) is 9.96. The molecule has 1 nitrogen and oxygen atoms in total. The summed E-state index contributed by atoms with van der Waals surface area (Å²) in [4.78, 5) is 3.70. The van der Waals surface area contributed by atoms with Gasteiger partial charge in [-0.3, -0.25) is 4.98 Å². The number of hydrogen-bond donors (Lipinski definition) is 0. The summed E-state index contributed by atoms with van der Waals surface area (Å²) in [6, 6.07) is 9.74. The Morgan fingerprint density at radius 3 is 2.28 bits per heavy atom. The van der Waals surface area contributed by atoms with Gasteiger partial charge in [0, 0.05) is 6.20 Å². The van der Waals surface area contributed by atoms with Crippen LogP contribution in [0.3, 0.4) is 0 Å². The first-order valence-electron chi connectivity index (χ1n) is 5.20. The third-order valence-electron chi connectivity index (χ3n) is 2.52. The van der Waals surface area contributed by atoms with E-state index in [9.17, 15) is 13.2 Å². The van der Waals surface area contributed by atoms with Gasteiger partial charge in [0.25, 0.3) is 0 Å². The normalized spacial score (nSPS) is 11.6. The van der Waals surface area contributed by atoms with Crippen LogP contribution in [0.5, 0.6) is 0 Å². The zero-order valence-electron chi connectivity index (χ0n) is 9.21. The first kappa shape index (κ1) is 12.9. The number of rotatable bonds is 2. The van der Waals surface area contributed by atoms with E-state index in [0.717, 1.165) is 0 Å². The molecular formula is C13H9ClF3N. The Bertz CT molecular complexity index is 538. The van der Waals surface area contributed by atoms with E-state index < -0.39 is 11.7 Å². The largest absolute Gasteiger partial charge is 0.418 e. The molecule has 0 atom stereocenters. The molecular weight excluding hydrogens is 263 g/mol. The summed E-state index contributed by atoms with van der Waals surface area (Å²) < 4.78 is 39.2. The van der Waals surface area contributed by atoms with Crippen LogP contribution in [0.15, 0.2) is 42.6 Å². The van der Waals surface area contributed by atoms with Crippen molar-refractivity contribution in [3.63, 3.8) is 0 Å². The summed E-state index contributed by atoms with van der Waals surface area (Å²) in [7, 11) is 0. The lowest BCUT2D eigenvalue weighted by Crippen LogP contribution is -2.12. The van der Waals surface area contributed by atoms with E-state index in [4.69, 9.17) is 11.6 Å². The maximum atomic E-state index is 13.1. The van der Waals surface area contributed by atoms with E-state index in [-0.39, 0.29) is 17.1 Å². The first-order chi connectivity index (χ1) is 8.54. The lowest BCUT2D eigenvalue weighted by Gasteiger charge is -2.15. The minimum Gasteiger partial charge on any atom is -0.259 e. The SMILES string of the molecule is FC(F)(F)c1c(-c2ccccc2)ccnc1CCl. The van der Waals surface area contributed by atoms with Gasteiger partial charge in [-0.15, -0.1) is 11.6 Å². The van der Waals surface area contributed by atoms with Crippen LogP contribution in [-0.4, -0.2) is 4.98 Å². The molecule has 94 valence electrons. The molecule has 0 N–H and O–H groups in total. The predicted molar refractivity (Wildman–Crippen MR) is 64.2 cm³/mol. The molecule has 0 fully saturated rings. The molecule has 0 bridgehead atoms. The highest BCUT2D eigenvalue weighted by molar-refractivity contribution is 6.17. The molecule has 0 aliphatic heterocycles. The number of alkyl halides is 4. The molecule has 0 radical (unpaired) electrons. The lowest BCUT2D eigenvalue weighted by atomic mass is 9.99. The Hall–Kier alpha value is -1.55.